The van der Waals surface area contributed by atoms with E-state index in [1.54, 1.807) is 7.11 Å². The predicted octanol–water partition coefficient (Wildman–Crippen LogP) is 2.09. The second kappa shape index (κ2) is 11.9. The van der Waals surface area contributed by atoms with Crippen LogP contribution in [0.5, 0.6) is 5.75 Å². The fraction of sp³-hybridized carbons (Fsp3) is 0.571. The van der Waals surface area contributed by atoms with Crippen molar-refractivity contribution in [3.05, 3.63) is 29.8 Å². The maximum Gasteiger partial charge on any atom is 0.303 e. The van der Waals surface area contributed by atoms with Crippen LogP contribution in [0.2, 0.25) is 0 Å². The molecular formula is C21H28O9S. The maximum absolute atomic E-state index is 11.8. The molecule has 1 aromatic carbocycles. The Balaban J connectivity index is 2.27. The number of rotatable bonds is 9. The van der Waals surface area contributed by atoms with Crippen molar-refractivity contribution in [3.8, 4) is 5.75 Å². The van der Waals surface area contributed by atoms with E-state index in [1.165, 1.54) is 32.5 Å². The summed E-state index contributed by atoms with van der Waals surface area (Å²) >= 11 is 1.35. The van der Waals surface area contributed by atoms with Crippen molar-refractivity contribution in [2.75, 3.05) is 20.0 Å². The van der Waals surface area contributed by atoms with Crippen LogP contribution in [0.15, 0.2) is 24.3 Å². The number of carbonyl (C=O) groups excluding carboxylic acids is 3. The summed E-state index contributed by atoms with van der Waals surface area (Å²) in [7, 11) is 1.58. The van der Waals surface area contributed by atoms with E-state index >= 15 is 0 Å². The van der Waals surface area contributed by atoms with Gasteiger partial charge in [0.1, 0.15) is 30.0 Å². The van der Waals surface area contributed by atoms with E-state index in [0.29, 0.717) is 5.75 Å². The molecule has 1 saturated heterocycles. The summed E-state index contributed by atoms with van der Waals surface area (Å²) in [5, 5.41) is 0. The fourth-order valence-electron chi connectivity index (χ4n) is 3.15. The standard InChI is InChI=1S/C21H28O9S/c1-12(22)26-11-17-18(28-13(2)23)19(29-14(3)24)20(21(30-17)31-5)27-10-15-6-8-16(25-4)9-7-15/h6-9,17-21H,10-11H2,1-5H3/t17-,18+,19+,20-,21+/m1/s1. The third-order valence-electron chi connectivity index (χ3n) is 4.48. The monoisotopic (exact) mass is 456 g/mol. The van der Waals surface area contributed by atoms with Crippen LogP contribution in [0.4, 0.5) is 0 Å². The van der Waals surface area contributed by atoms with Crippen LogP contribution < -0.4 is 4.74 Å². The highest BCUT2D eigenvalue weighted by atomic mass is 32.2. The molecule has 1 aliphatic heterocycles. The SMILES string of the molecule is COc1ccc(CO[C@@H]2[C@@H](OC(C)=O)[C@@H](OC(C)=O)[C@@H](COC(C)=O)O[C@H]2SC)cc1. The molecule has 0 radical (unpaired) electrons. The van der Waals surface area contributed by atoms with Gasteiger partial charge in [0.05, 0.1) is 13.7 Å². The maximum atomic E-state index is 11.8. The molecule has 1 aliphatic rings. The van der Waals surface area contributed by atoms with Crippen LogP contribution in [-0.2, 0) is 44.7 Å². The zero-order valence-corrected chi connectivity index (χ0v) is 19.0. The number of thioether (sulfide) groups is 1. The molecule has 31 heavy (non-hydrogen) atoms. The van der Waals surface area contributed by atoms with Gasteiger partial charge in [0.25, 0.3) is 0 Å². The van der Waals surface area contributed by atoms with Crippen LogP contribution in [0.25, 0.3) is 0 Å². The molecule has 10 heteroatoms. The van der Waals surface area contributed by atoms with Gasteiger partial charge in [-0.3, -0.25) is 14.4 Å². The molecule has 0 bridgehead atoms. The van der Waals surface area contributed by atoms with Crippen LogP contribution in [-0.4, -0.2) is 67.7 Å². The minimum atomic E-state index is -1.01. The van der Waals surface area contributed by atoms with Gasteiger partial charge < -0.3 is 28.4 Å². The molecule has 9 nitrogen and oxygen atoms in total. The Morgan fingerprint density at radius 1 is 0.935 bits per heavy atom. The van der Waals surface area contributed by atoms with E-state index in [9.17, 15) is 14.4 Å². The van der Waals surface area contributed by atoms with Gasteiger partial charge in [-0.15, -0.1) is 11.8 Å². The van der Waals surface area contributed by atoms with E-state index in [2.05, 4.69) is 0 Å². The van der Waals surface area contributed by atoms with Crippen LogP contribution in [0.3, 0.4) is 0 Å². The molecular weight excluding hydrogens is 428 g/mol. The zero-order valence-electron chi connectivity index (χ0n) is 18.2. The van der Waals surface area contributed by atoms with Crippen molar-refractivity contribution < 1.29 is 42.8 Å². The normalized spacial score (nSPS) is 25.4. The number of hydrogen-bond donors (Lipinski definition) is 0. The molecule has 0 N–H and O–H groups in total. The van der Waals surface area contributed by atoms with Crippen LogP contribution in [0.1, 0.15) is 26.3 Å². The molecule has 0 aromatic heterocycles. The summed E-state index contributed by atoms with van der Waals surface area (Å²) in [5.74, 6) is -0.941. The molecule has 0 spiro atoms. The Morgan fingerprint density at radius 3 is 2.06 bits per heavy atom. The number of esters is 3. The fourth-order valence-corrected chi connectivity index (χ4v) is 3.91. The van der Waals surface area contributed by atoms with Crippen molar-refractivity contribution in [2.24, 2.45) is 0 Å². The van der Waals surface area contributed by atoms with E-state index in [-0.39, 0.29) is 13.2 Å². The van der Waals surface area contributed by atoms with Gasteiger partial charge in [-0.05, 0) is 24.0 Å². The average molecular weight is 457 g/mol. The third kappa shape index (κ3) is 7.41. The second-order valence-electron chi connectivity index (χ2n) is 6.85. The molecule has 0 unspecified atom stereocenters. The summed E-state index contributed by atoms with van der Waals surface area (Å²) < 4.78 is 33.3. The quantitative estimate of drug-likeness (QED) is 0.405. The number of hydrogen-bond acceptors (Lipinski definition) is 10. The lowest BCUT2D eigenvalue weighted by Crippen LogP contribution is -2.61. The van der Waals surface area contributed by atoms with Crippen LogP contribution in [0, 0.1) is 0 Å². The van der Waals surface area contributed by atoms with E-state index < -0.39 is 47.8 Å². The summed E-state index contributed by atoms with van der Waals surface area (Å²) in [4.78, 5) is 34.9. The van der Waals surface area contributed by atoms with Gasteiger partial charge in [0.15, 0.2) is 12.2 Å². The largest absolute Gasteiger partial charge is 0.497 e. The molecule has 0 amide bonds. The number of carbonyl (C=O) groups is 3. The zero-order chi connectivity index (χ0) is 23.0. The highest BCUT2D eigenvalue weighted by Crippen LogP contribution is 2.33. The molecule has 0 saturated carbocycles. The van der Waals surface area contributed by atoms with E-state index in [4.69, 9.17) is 28.4 Å². The average Bonchev–Trinajstić information content (AvgIpc) is 2.72. The number of ether oxygens (including phenoxy) is 6. The second-order valence-corrected chi connectivity index (χ2v) is 7.79. The van der Waals surface area contributed by atoms with Gasteiger partial charge in [-0.25, -0.2) is 0 Å². The minimum absolute atomic E-state index is 0.159. The van der Waals surface area contributed by atoms with Crippen molar-refractivity contribution in [1.29, 1.82) is 0 Å². The van der Waals surface area contributed by atoms with Crippen molar-refractivity contribution >= 4 is 29.7 Å². The molecule has 1 fully saturated rings. The van der Waals surface area contributed by atoms with Gasteiger partial charge in [-0.2, -0.15) is 0 Å². The molecule has 1 aromatic rings. The van der Waals surface area contributed by atoms with Crippen molar-refractivity contribution in [2.45, 2.75) is 57.2 Å². The van der Waals surface area contributed by atoms with Crippen molar-refractivity contribution in [3.63, 3.8) is 0 Å². The molecule has 5 atom stereocenters. The first-order valence-electron chi connectivity index (χ1n) is 9.65. The van der Waals surface area contributed by atoms with E-state index in [0.717, 1.165) is 5.56 Å². The Hall–Kier alpha value is -2.30. The predicted molar refractivity (Wildman–Crippen MR) is 111 cm³/mol. The van der Waals surface area contributed by atoms with Crippen molar-refractivity contribution in [1.82, 2.24) is 0 Å². The topological polar surface area (TPSA) is 107 Å². The van der Waals surface area contributed by atoms with Gasteiger partial charge in [-0.1, -0.05) is 12.1 Å². The Morgan fingerprint density at radius 2 is 1.55 bits per heavy atom. The van der Waals surface area contributed by atoms with E-state index in [1.807, 2.05) is 30.5 Å². The first-order valence-corrected chi connectivity index (χ1v) is 10.9. The summed E-state index contributed by atoms with van der Waals surface area (Å²) in [6, 6.07) is 7.32. The summed E-state index contributed by atoms with van der Waals surface area (Å²) in [6.07, 6.45) is -1.71. The summed E-state index contributed by atoms with van der Waals surface area (Å²) in [6.45, 7) is 3.80. The highest BCUT2D eigenvalue weighted by molar-refractivity contribution is 7.99. The molecule has 0 aliphatic carbocycles. The Bertz CT molecular complexity index is 752. The van der Waals surface area contributed by atoms with Crippen LogP contribution >= 0.6 is 11.8 Å². The lowest BCUT2D eigenvalue weighted by atomic mass is 9.99. The first-order chi connectivity index (χ1) is 14.7. The smallest absolute Gasteiger partial charge is 0.303 e. The third-order valence-corrected chi connectivity index (χ3v) is 5.32. The molecule has 172 valence electrons. The number of benzene rings is 1. The molecule has 1 heterocycles. The lowest BCUT2D eigenvalue weighted by molar-refractivity contribution is -0.241. The van der Waals surface area contributed by atoms with Gasteiger partial charge in [0.2, 0.25) is 0 Å². The van der Waals surface area contributed by atoms with Gasteiger partial charge in [0, 0.05) is 20.8 Å². The summed E-state index contributed by atoms with van der Waals surface area (Å²) in [5.41, 5.74) is 0.309. The molecule has 2 rings (SSSR count). The number of methoxy groups -OCH3 is 1. The van der Waals surface area contributed by atoms with Gasteiger partial charge >= 0.3 is 17.9 Å². The Kier molecular flexibility index (Phi) is 9.60. The first kappa shape index (κ1) is 25.0. The lowest BCUT2D eigenvalue weighted by Gasteiger charge is -2.44. The Labute approximate surface area is 185 Å². The highest BCUT2D eigenvalue weighted by Gasteiger charge is 2.50. The minimum Gasteiger partial charge on any atom is -0.497 e.